The highest BCUT2D eigenvalue weighted by Crippen LogP contribution is 2.36. The molecular formula is C27H40N4O3S. The number of carbonyl (C=O) groups is 2. The third kappa shape index (κ3) is 6.61. The van der Waals surface area contributed by atoms with Crippen LogP contribution in [0.1, 0.15) is 87.2 Å². The van der Waals surface area contributed by atoms with Crippen molar-refractivity contribution >= 4 is 28.8 Å². The number of hydrogen-bond donors (Lipinski definition) is 3. The summed E-state index contributed by atoms with van der Waals surface area (Å²) in [5.41, 5.74) is 2.32. The molecular weight excluding hydrogens is 460 g/mol. The van der Waals surface area contributed by atoms with Crippen LogP contribution in [0, 0.1) is 12.3 Å². The molecule has 2 atom stereocenters. The van der Waals surface area contributed by atoms with E-state index in [2.05, 4.69) is 49.4 Å². The van der Waals surface area contributed by atoms with Crippen molar-refractivity contribution in [3.63, 3.8) is 0 Å². The lowest BCUT2D eigenvalue weighted by atomic mass is 9.96. The van der Waals surface area contributed by atoms with E-state index in [4.69, 9.17) is 0 Å². The predicted octanol–water partition coefficient (Wildman–Crippen LogP) is 5.09. The van der Waals surface area contributed by atoms with Gasteiger partial charge in [-0.3, -0.25) is 9.59 Å². The topological polar surface area (TPSA) is 94.6 Å². The maximum Gasteiger partial charge on any atom is 0.280 e. The number of aliphatic hydroxyl groups is 1. The highest BCUT2D eigenvalue weighted by molar-refractivity contribution is 7.17. The van der Waals surface area contributed by atoms with Crippen molar-refractivity contribution in [3.8, 4) is 10.4 Å². The zero-order chi connectivity index (χ0) is 26.1. The van der Waals surface area contributed by atoms with Crippen molar-refractivity contribution in [2.24, 2.45) is 5.41 Å². The number of carbonyl (C=O) groups excluding carboxylic acids is 2. The normalized spacial score (nSPS) is 17.4. The van der Waals surface area contributed by atoms with E-state index in [-0.39, 0.29) is 28.3 Å². The molecule has 1 aliphatic rings. The lowest BCUT2D eigenvalue weighted by Gasteiger charge is -2.26. The van der Waals surface area contributed by atoms with Gasteiger partial charge in [0.25, 0.3) is 11.8 Å². The van der Waals surface area contributed by atoms with Crippen LogP contribution in [0.2, 0.25) is 0 Å². The van der Waals surface area contributed by atoms with Gasteiger partial charge in [0, 0.05) is 24.8 Å². The molecule has 1 aromatic carbocycles. The highest BCUT2D eigenvalue weighted by Gasteiger charge is 2.32. The van der Waals surface area contributed by atoms with E-state index < -0.39 is 11.6 Å². The molecule has 3 N–H and O–H groups in total. The molecule has 1 aliphatic heterocycles. The smallest absolute Gasteiger partial charge is 0.280 e. The summed E-state index contributed by atoms with van der Waals surface area (Å²) >= 11 is 1.23. The summed E-state index contributed by atoms with van der Waals surface area (Å²) in [5, 5.41) is 16.8. The van der Waals surface area contributed by atoms with Crippen LogP contribution in [-0.2, 0) is 0 Å². The Morgan fingerprint density at radius 1 is 1.26 bits per heavy atom. The second-order valence-electron chi connectivity index (χ2n) is 11.5. The highest BCUT2D eigenvalue weighted by atomic mass is 32.1. The summed E-state index contributed by atoms with van der Waals surface area (Å²) in [4.78, 5) is 33.7. The summed E-state index contributed by atoms with van der Waals surface area (Å²) in [5.74, 6) is -0.523. The number of nitrogens with one attached hydrogen (secondary N) is 2. The first-order valence-electron chi connectivity index (χ1n) is 12.4. The fourth-order valence-corrected chi connectivity index (χ4v) is 5.00. The maximum absolute atomic E-state index is 13.5. The van der Waals surface area contributed by atoms with E-state index in [9.17, 15) is 14.7 Å². The third-order valence-electron chi connectivity index (χ3n) is 6.54. The first-order chi connectivity index (χ1) is 16.2. The van der Waals surface area contributed by atoms with Gasteiger partial charge >= 0.3 is 0 Å². The maximum atomic E-state index is 13.5. The van der Waals surface area contributed by atoms with Gasteiger partial charge < -0.3 is 20.6 Å². The Hall–Kier alpha value is -2.45. The van der Waals surface area contributed by atoms with E-state index in [0.717, 1.165) is 36.2 Å². The standard InChI is InChI=1S/C27H40N4O3S/c1-16-14-19(28-15-26(4,5)6)11-12-20(16)22-21(25(33)31-13-9-10-17(31)2)30-24(35-22)23(32)29-18(3)27(7,8)34/h11-12,14,17-18,28,34H,9-10,13,15H2,1-8H3,(H,29,32)/t17-,18+/m0/s1. The Labute approximate surface area is 213 Å². The average molecular weight is 501 g/mol. The molecule has 0 bridgehead atoms. The number of benzene rings is 1. The number of anilines is 1. The zero-order valence-corrected chi connectivity index (χ0v) is 23.1. The second kappa shape index (κ2) is 10.3. The quantitative estimate of drug-likeness (QED) is 0.492. The fourth-order valence-electron chi connectivity index (χ4n) is 3.95. The van der Waals surface area contributed by atoms with Crippen molar-refractivity contribution in [2.75, 3.05) is 18.4 Å². The predicted molar refractivity (Wildman–Crippen MR) is 143 cm³/mol. The molecule has 0 radical (unpaired) electrons. The van der Waals surface area contributed by atoms with Gasteiger partial charge in [0.15, 0.2) is 5.01 Å². The average Bonchev–Trinajstić information content (AvgIpc) is 3.37. The van der Waals surface area contributed by atoms with Crippen LogP contribution in [0.5, 0.6) is 0 Å². The Kier molecular flexibility index (Phi) is 7.96. The first kappa shape index (κ1) is 27.1. The molecule has 35 heavy (non-hydrogen) atoms. The minimum Gasteiger partial charge on any atom is -0.388 e. The van der Waals surface area contributed by atoms with Crippen LogP contribution in [0.4, 0.5) is 5.69 Å². The van der Waals surface area contributed by atoms with Crippen molar-refractivity contribution in [1.82, 2.24) is 15.2 Å². The first-order valence-corrected chi connectivity index (χ1v) is 13.2. The number of rotatable bonds is 7. The van der Waals surface area contributed by atoms with Gasteiger partial charge in [0.05, 0.1) is 16.5 Å². The largest absolute Gasteiger partial charge is 0.388 e. The summed E-state index contributed by atoms with van der Waals surface area (Å²) in [6, 6.07) is 5.75. The molecule has 7 nitrogen and oxygen atoms in total. The molecule has 2 amide bonds. The van der Waals surface area contributed by atoms with E-state index in [1.54, 1.807) is 20.8 Å². The van der Waals surface area contributed by atoms with Gasteiger partial charge in [0.2, 0.25) is 0 Å². The van der Waals surface area contributed by atoms with Crippen molar-refractivity contribution in [2.45, 2.75) is 85.9 Å². The van der Waals surface area contributed by atoms with Gasteiger partial charge in [-0.15, -0.1) is 11.3 Å². The Bertz CT molecular complexity index is 1080. The van der Waals surface area contributed by atoms with Gasteiger partial charge in [-0.25, -0.2) is 4.98 Å². The van der Waals surface area contributed by atoms with E-state index in [0.29, 0.717) is 17.1 Å². The van der Waals surface area contributed by atoms with E-state index in [1.165, 1.54) is 11.3 Å². The molecule has 3 rings (SSSR count). The van der Waals surface area contributed by atoms with Crippen LogP contribution >= 0.6 is 11.3 Å². The minimum absolute atomic E-state index is 0.134. The van der Waals surface area contributed by atoms with E-state index in [1.807, 2.05) is 24.0 Å². The number of amides is 2. The van der Waals surface area contributed by atoms with Crippen LogP contribution < -0.4 is 10.6 Å². The summed E-state index contributed by atoms with van der Waals surface area (Å²) in [6.07, 6.45) is 1.94. The molecule has 1 saturated heterocycles. The molecule has 0 spiro atoms. The molecule has 0 aliphatic carbocycles. The zero-order valence-electron chi connectivity index (χ0n) is 22.3. The SMILES string of the molecule is Cc1cc(NCC(C)(C)C)ccc1-c1sc(C(=O)N[C@H](C)C(C)(C)O)nc1C(=O)N1CCC[C@@H]1C. The van der Waals surface area contributed by atoms with Crippen LogP contribution in [0.25, 0.3) is 10.4 Å². The van der Waals surface area contributed by atoms with Crippen molar-refractivity contribution < 1.29 is 14.7 Å². The molecule has 192 valence electrons. The fraction of sp³-hybridized carbons (Fsp3) is 0.593. The number of hydrogen-bond acceptors (Lipinski definition) is 6. The van der Waals surface area contributed by atoms with Gasteiger partial charge in [-0.05, 0) is 76.1 Å². The number of aromatic nitrogens is 1. The number of likely N-dealkylation sites (tertiary alicyclic amines) is 1. The molecule has 1 aromatic heterocycles. The summed E-state index contributed by atoms with van der Waals surface area (Å²) in [6.45, 7) is 17.2. The summed E-state index contributed by atoms with van der Waals surface area (Å²) < 4.78 is 0. The molecule has 0 unspecified atom stereocenters. The number of thiazole rings is 1. The van der Waals surface area contributed by atoms with Crippen molar-refractivity contribution in [1.29, 1.82) is 0 Å². The van der Waals surface area contributed by atoms with Crippen LogP contribution in [0.3, 0.4) is 0 Å². The molecule has 8 heteroatoms. The Morgan fingerprint density at radius 2 is 1.94 bits per heavy atom. The molecule has 1 fully saturated rings. The van der Waals surface area contributed by atoms with Crippen LogP contribution in [0.15, 0.2) is 18.2 Å². The Morgan fingerprint density at radius 3 is 2.49 bits per heavy atom. The van der Waals surface area contributed by atoms with Gasteiger partial charge in [0.1, 0.15) is 5.69 Å². The van der Waals surface area contributed by atoms with Crippen molar-refractivity contribution in [3.05, 3.63) is 34.5 Å². The number of aryl methyl sites for hydroxylation is 1. The summed E-state index contributed by atoms with van der Waals surface area (Å²) in [7, 11) is 0. The molecule has 0 saturated carbocycles. The second-order valence-corrected chi connectivity index (χ2v) is 12.5. The van der Waals surface area contributed by atoms with E-state index >= 15 is 0 Å². The molecule has 2 heterocycles. The van der Waals surface area contributed by atoms with Gasteiger partial charge in [-0.1, -0.05) is 26.8 Å². The van der Waals surface area contributed by atoms with Crippen LogP contribution in [-0.4, -0.2) is 57.6 Å². The third-order valence-corrected chi connectivity index (χ3v) is 7.63. The lowest BCUT2D eigenvalue weighted by molar-refractivity contribution is 0.0408. The van der Waals surface area contributed by atoms with Gasteiger partial charge in [-0.2, -0.15) is 0 Å². The minimum atomic E-state index is -1.08. The Balaban J connectivity index is 1.99. The number of nitrogens with zero attached hydrogens (tertiary/aromatic N) is 2. The lowest BCUT2D eigenvalue weighted by Crippen LogP contribution is -2.47. The molecule has 2 aromatic rings. The monoisotopic (exact) mass is 500 g/mol.